The van der Waals surface area contributed by atoms with Gasteiger partial charge in [0.25, 0.3) is 0 Å². The molecule has 124 valence electrons. The van der Waals surface area contributed by atoms with Crippen LogP contribution in [0.25, 0.3) is 0 Å². The maximum absolute atomic E-state index is 5.06. The molecule has 2 nitrogen and oxygen atoms in total. The van der Waals surface area contributed by atoms with E-state index in [1.54, 1.807) is 0 Å². The molecule has 0 heterocycles. The predicted molar refractivity (Wildman–Crippen MR) is 96.8 cm³/mol. The maximum atomic E-state index is 5.06. The SMILES string of the molecule is C=C(N(/C(=N/C(C)(C)C)C(C)(C)C)C(C)(C)C)C(C)(C)C. The van der Waals surface area contributed by atoms with Crippen molar-refractivity contribution >= 4 is 5.84 Å². The molecule has 0 spiro atoms. The average molecular weight is 295 g/mol. The molecule has 0 saturated carbocycles. The molecule has 0 atom stereocenters. The number of hydrogen-bond acceptors (Lipinski definition) is 1. The van der Waals surface area contributed by atoms with Crippen LogP contribution in [-0.4, -0.2) is 21.8 Å². The summed E-state index contributed by atoms with van der Waals surface area (Å²) in [5.74, 6) is 1.11. The molecule has 0 amide bonds. The van der Waals surface area contributed by atoms with Crippen molar-refractivity contribution in [3.05, 3.63) is 12.3 Å². The van der Waals surface area contributed by atoms with Crippen LogP contribution in [0, 0.1) is 10.8 Å². The molecule has 0 aliphatic heterocycles. The van der Waals surface area contributed by atoms with Gasteiger partial charge >= 0.3 is 0 Å². The largest absolute Gasteiger partial charge is 0.328 e. The molecule has 0 bridgehead atoms. The Bertz CT molecular complexity index is 401. The van der Waals surface area contributed by atoms with E-state index < -0.39 is 0 Å². The summed E-state index contributed by atoms with van der Waals surface area (Å²) >= 11 is 0. The van der Waals surface area contributed by atoms with E-state index >= 15 is 0 Å². The van der Waals surface area contributed by atoms with Crippen LogP contribution < -0.4 is 0 Å². The first-order valence-electron chi connectivity index (χ1n) is 7.97. The van der Waals surface area contributed by atoms with Crippen molar-refractivity contribution < 1.29 is 0 Å². The Labute approximate surface area is 133 Å². The molecule has 0 aromatic rings. The summed E-state index contributed by atoms with van der Waals surface area (Å²) in [7, 11) is 0. The Hall–Kier alpha value is -0.790. The maximum Gasteiger partial charge on any atom is 0.110 e. The van der Waals surface area contributed by atoms with E-state index in [4.69, 9.17) is 4.99 Å². The molecule has 0 fully saturated rings. The lowest BCUT2D eigenvalue weighted by Gasteiger charge is -2.48. The first kappa shape index (κ1) is 20.2. The summed E-state index contributed by atoms with van der Waals surface area (Å²) in [6.45, 7) is 30.9. The lowest BCUT2D eigenvalue weighted by atomic mass is 9.84. The molecule has 2 heteroatoms. The van der Waals surface area contributed by atoms with Gasteiger partial charge in [-0.05, 0) is 41.5 Å². The van der Waals surface area contributed by atoms with Crippen LogP contribution in [0.3, 0.4) is 0 Å². The molecular weight excluding hydrogens is 256 g/mol. The van der Waals surface area contributed by atoms with Gasteiger partial charge in [0.05, 0.1) is 5.54 Å². The second kappa shape index (κ2) is 5.78. The Morgan fingerprint density at radius 1 is 0.714 bits per heavy atom. The second-order valence-corrected chi connectivity index (χ2v) is 10.1. The number of allylic oxidation sites excluding steroid dienone is 1. The lowest BCUT2D eigenvalue weighted by molar-refractivity contribution is 0.218. The Balaban J connectivity index is 6.24. The van der Waals surface area contributed by atoms with E-state index in [1.165, 1.54) is 0 Å². The zero-order chi connectivity index (χ0) is 17.4. The van der Waals surface area contributed by atoms with Crippen LogP contribution in [0.1, 0.15) is 83.1 Å². The minimum Gasteiger partial charge on any atom is -0.328 e. The standard InChI is InChI=1S/C19H38N2/c1-14(16(2,3)4)21(19(11,12)13)15(17(5,6)7)20-18(8,9)10/h1H2,2-13H3/b20-15+. The van der Waals surface area contributed by atoms with Crippen molar-refractivity contribution in [3.63, 3.8) is 0 Å². The molecule has 21 heavy (non-hydrogen) atoms. The molecule has 0 aromatic carbocycles. The fraction of sp³-hybridized carbons (Fsp3) is 0.842. The van der Waals surface area contributed by atoms with Gasteiger partial charge in [-0.15, -0.1) is 0 Å². The van der Waals surface area contributed by atoms with Crippen LogP contribution in [-0.2, 0) is 0 Å². The molecule has 0 N–H and O–H groups in total. The van der Waals surface area contributed by atoms with E-state index in [0.717, 1.165) is 11.5 Å². The summed E-state index contributed by atoms with van der Waals surface area (Å²) in [4.78, 5) is 7.41. The Kier molecular flexibility index (Phi) is 5.56. The van der Waals surface area contributed by atoms with Gasteiger partial charge in [-0.2, -0.15) is 0 Å². The normalized spacial score (nSPS) is 15.1. The number of rotatable bonds is 1. The van der Waals surface area contributed by atoms with Crippen molar-refractivity contribution in [1.82, 2.24) is 4.90 Å². The number of hydrogen-bond donors (Lipinski definition) is 0. The molecule has 0 unspecified atom stereocenters. The van der Waals surface area contributed by atoms with Crippen LogP contribution >= 0.6 is 0 Å². The van der Waals surface area contributed by atoms with Crippen molar-refractivity contribution in [2.24, 2.45) is 15.8 Å². The predicted octanol–water partition coefficient (Wildman–Crippen LogP) is 5.89. The van der Waals surface area contributed by atoms with Crippen LogP contribution in [0.2, 0.25) is 0 Å². The summed E-state index contributed by atoms with van der Waals surface area (Å²) in [6, 6.07) is 0. The summed E-state index contributed by atoms with van der Waals surface area (Å²) < 4.78 is 0. The minimum atomic E-state index is -0.107. The zero-order valence-electron chi connectivity index (χ0n) is 16.6. The van der Waals surface area contributed by atoms with Crippen LogP contribution in [0.15, 0.2) is 17.3 Å². The fourth-order valence-corrected chi connectivity index (χ4v) is 2.06. The highest BCUT2D eigenvalue weighted by atomic mass is 15.3. The molecule has 0 aliphatic rings. The molecular formula is C19H38N2. The van der Waals surface area contributed by atoms with Gasteiger partial charge in [-0.25, -0.2) is 0 Å². The minimum absolute atomic E-state index is 0.0111. The molecule has 0 rings (SSSR count). The molecule has 0 aliphatic carbocycles. The van der Waals surface area contributed by atoms with Gasteiger partial charge in [0, 0.05) is 22.1 Å². The van der Waals surface area contributed by atoms with E-state index in [9.17, 15) is 0 Å². The van der Waals surface area contributed by atoms with E-state index in [1.807, 2.05) is 0 Å². The van der Waals surface area contributed by atoms with Crippen LogP contribution in [0.4, 0.5) is 0 Å². The van der Waals surface area contributed by atoms with Gasteiger partial charge in [0.1, 0.15) is 5.84 Å². The Morgan fingerprint density at radius 2 is 1.10 bits per heavy atom. The fourth-order valence-electron chi connectivity index (χ4n) is 2.06. The third kappa shape index (κ3) is 6.23. The van der Waals surface area contributed by atoms with Crippen molar-refractivity contribution in [2.75, 3.05) is 0 Å². The highest BCUT2D eigenvalue weighted by molar-refractivity contribution is 5.89. The highest BCUT2D eigenvalue weighted by Crippen LogP contribution is 2.37. The van der Waals surface area contributed by atoms with E-state index in [-0.39, 0.29) is 21.9 Å². The van der Waals surface area contributed by atoms with Gasteiger partial charge in [-0.1, -0.05) is 48.1 Å². The van der Waals surface area contributed by atoms with Gasteiger partial charge in [-0.3, -0.25) is 4.99 Å². The van der Waals surface area contributed by atoms with E-state index in [2.05, 4.69) is 94.6 Å². The quantitative estimate of drug-likeness (QED) is 0.435. The van der Waals surface area contributed by atoms with Gasteiger partial charge in [0.15, 0.2) is 0 Å². The lowest BCUT2D eigenvalue weighted by Crippen LogP contribution is -2.52. The van der Waals surface area contributed by atoms with E-state index in [0.29, 0.717) is 0 Å². The zero-order valence-corrected chi connectivity index (χ0v) is 16.6. The van der Waals surface area contributed by atoms with Crippen LogP contribution in [0.5, 0.6) is 0 Å². The molecule has 0 aromatic heterocycles. The average Bonchev–Trinajstić information content (AvgIpc) is 2.08. The molecule has 0 radical (unpaired) electrons. The molecule has 0 saturated heterocycles. The first-order chi connectivity index (χ1) is 8.87. The smallest absolute Gasteiger partial charge is 0.110 e. The van der Waals surface area contributed by atoms with Crippen molar-refractivity contribution in [2.45, 2.75) is 94.2 Å². The second-order valence-electron chi connectivity index (χ2n) is 10.1. The van der Waals surface area contributed by atoms with Gasteiger partial charge in [0.2, 0.25) is 0 Å². The number of amidine groups is 1. The number of nitrogens with zero attached hydrogens (tertiary/aromatic N) is 2. The van der Waals surface area contributed by atoms with Crippen molar-refractivity contribution in [3.8, 4) is 0 Å². The Morgan fingerprint density at radius 3 is 1.29 bits per heavy atom. The monoisotopic (exact) mass is 294 g/mol. The topological polar surface area (TPSA) is 15.6 Å². The third-order valence-corrected chi connectivity index (χ3v) is 3.13. The van der Waals surface area contributed by atoms with Gasteiger partial charge < -0.3 is 4.90 Å². The summed E-state index contributed by atoms with van der Waals surface area (Å²) in [6.07, 6.45) is 0. The number of aliphatic imine (C=N–C) groups is 1. The summed E-state index contributed by atoms with van der Waals surface area (Å²) in [5.41, 5.74) is 0.936. The summed E-state index contributed by atoms with van der Waals surface area (Å²) in [5, 5.41) is 0. The first-order valence-corrected chi connectivity index (χ1v) is 7.97. The van der Waals surface area contributed by atoms with Crippen molar-refractivity contribution in [1.29, 1.82) is 0 Å². The third-order valence-electron chi connectivity index (χ3n) is 3.13. The highest BCUT2D eigenvalue weighted by Gasteiger charge is 2.37.